The fourth-order valence-corrected chi connectivity index (χ4v) is 2.47. The van der Waals surface area contributed by atoms with Crippen molar-refractivity contribution >= 4 is 43.6 Å². The number of aromatic nitrogens is 1. The summed E-state index contributed by atoms with van der Waals surface area (Å²) in [5, 5.41) is 2.75. The van der Waals surface area contributed by atoms with Crippen molar-refractivity contribution in [2.75, 3.05) is 5.32 Å². The molecule has 1 aromatic carbocycles. The van der Waals surface area contributed by atoms with Gasteiger partial charge < -0.3 is 5.32 Å². The average Bonchev–Trinajstić information content (AvgIpc) is 2.28. The number of benzene rings is 1. The first-order valence-corrected chi connectivity index (χ1v) is 6.84. The Morgan fingerprint density at radius 1 is 1.22 bits per heavy atom. The SMILES string of the molecule is Cc1ccc(C(=O)Nc2cc(Br)ccn2)c(Br)c1. The Bertz CT molecular complexity index is 599. The standard InChI is InChI=1S/C13H10Br2N2O/c1-8-2-3-10(11(15)6-8)13(18)17-12-7-9(14)4-5-16-12/h2-7H,1H3,(H,16,17,18). The van der Waals surface area contributed by atoms with Crippen LogP contribution in [0.25, 0.3) is 0 Å². The minimum Gasteiger partial charge on any atom is -0.306 e. The van der Waals surface area contributed by atoms with Crippen LogP contribution in [0.3, 0.4) is 0 Å². The number of rotatable bonds is 2. The van der Waals surface area contributed by atoms with Gasteiger partial charge in [-0.15, -0.1) is 0 Å². The van der Waals surface area contributed by atoms with E-state index in [0.717, 1.165) is 14.5 Å². The highest BCUT2D eigenvalue weighted by atomic mass is 79.9. The molecule has 1 N–H and O–H groups in total. The van der Waals surface area contributed by atoms with Crippen LogP contribution in [-0.2, 0) is 0 Å². The first kappa shape index (κ1) is 13.2. The van der Waals surface area contributed by atoms with Gasteiger partial charge >= 0.3 is 0 Å². The zero-order valence-electron chi connectivity index (χ0n) is 9.58. The second-order valence-electron chi connectivity index (χ2n) is 3.80. The maximum Gasteiger partial charge on any atom is 0.257 e. The van der Waals surface area contributed by atoms with Gasteiger partial charge in [0.05, 0.1) is 5.56 Å². The third-order valence-electron chi connectivity index (χ3n) is 2.33. The smallest absolute Gasteiger partial charge is 0.257 e. The molecule has 0 fully saturated rings. The lowest BCUT2D eigenvalue weighted by atomic mass is 10.1. The topological polar surface area (TPSA) is 42.0 Å². The molecule has 2 aromatic rings. The average molecular weight is 370 g/mol. The van der Waals surface area contributed by atoms with E-state index < -0.39 is 0 Å². The number of nitrogens with zero attached hydrogens (tertiary/aromatic N) is 1. The molecular formula is C13H10Br2N2O. The van der Waals surface area contributed by atoms with Crippen LogP contribution in [0, 0.1) is 6.92 Å². The van der Waals surface area contributed by atoms with Gasteiger partial charge in [0.25, 0.3) is 5.91 Å². The van der Waals surface area contributed by atoms with E-state index in [4.69, 9.17) is 0 Å². The first-order valence-electron chi connectivity index (χ1n) is 5.25. The zero-order chi connectivity index (χ0) is 13.1. The van der Waals surface area contributed by atoms with Crippen LogP contribution < -0.4 is 5.32 Å². The van der Waals surface area contributed by atoms with Crippen LogP contribution in [0.2, 0.25) is 0 Å². The van der Waals surface area contributed by atoms with Gasteiger partial charge in [0.15, 0.2) is 0 Å². The number of carbonyl (C=O) groups excluding carboxylic acids is 1. The van der Waals surface area contributed by atoms with Gasteiger partial charge in [-0.1, -0.05) is 22.0 Å². The van der Waals surface area contributed by atoms with Crippen molar-refractivity contribution in [3.63, 3.8) is 0 Å². The molecule has 0 atom stereocenters. The van der Waals surface area contributed by atoms with Crippen LogP contribution in [0.4, 0.5) is 5.82 Å². The second-order valence-corrected chi connectivity index (χ2v) is 5.57. The van der Waals surface area contributed by atoms with E-state index in [2.05, 4.69) is 42.2 Å². The molecule has 0 aliphatic carbocycles. The van der Waals surface area contributed by atoms with E-state index in [1.165, 1.54) is 0 Å². The normalized spacial score (nSPS) is 10.2. The van der Waals surface area contributed by atoms with Gasteiger partial charge in [0.1, 0.15) is 5.82 Å². The first-order chi connectivity index (χ1) is 8.56. The van der Waals surface area contributed by atoms with E-state index in [-0.39, 0.29) is 5.91 Å². The Balaban J connectivity index is 2.22. The number of hydrogen-bond acceptors (Lipinski definition) is 2. The molecule has 0 unspecified atom stereocenters. The minimum absolute atomic E-state index is 0.188. The molecular weight excluding hydrogens is 360 g/mol. The highest BCUT2D eigenvalue weighted by Crippen LogP contribution is 2.20. The summed E-state index contributed by atoms with van der Waals surface area (Å²) in [5.74, 6) is 0.328. The number of halogens is 2. The molecule has 0 radical (unpaired) electrons. The van der Waals surface area contributed by atoms with Gasteiger partial charge in [-0.2, -0.15) is 0 Å². The quantitative estimate of drug-likeness (QED) is 0.863. The molecule has 0 saturated carbocycles. The molecule has 92 valence electrons. The summed E-state index contributed by atoms with van der Waals surface area (Å²) in [6.07, 6.45) is 1.63. The van der Waals surface area contributed by atoms with E-state index in [9.17, 15) is 4.79 Å². The zero-order valence-corrected chi connectivity index (χ0v) is 12.7. The summed E-state index contributed by atoms with van der Waals surface area (Å²) >= 11 is 6.72. The van der Waals surface area contributed by atoms with E-state index in [1.807, 2.05) is 19.1 Å². The molecule has 1 aromatic heterocycles. The summed E-state index contributed by atoms with van der Waals surface area (Å²) < 4.78 is 1.64. The van der Waals surface area contributed by atoms with Crippen LogP contribution in [-0.4, -0.2) is 10.9 Å². The number of amides is 1. The summed E-state index contributed by atoms with van der Waals surface area (Å²) in [5.41, 5.74) is 1.68. The van der Waals surface area contributed by atoms with E-state index in [1.54, 1.807) is 24.4 Å². The molecule has 1 heterocycles. The van der Waals surface area contributed by atoms with Crippen molar-refractivity contribution < 1.29 is 4.79 Å². The monoisotopic (exact) mass is 368 g/mol. The number of pyridine rings is 1. The summed E-state index contributed by atoms with van der Waals surface area (Å²) in [7, 11) is 0. The number of carbonyl (C=O) groups is 1. The molecule has 2 rings (SSSR count). The van der Waals surface area contributed by atoms with Crippen LogP contribution >= 0.6 is 31.9 Å². The van der Waals surface area contributed by atoms with Crippen molar-refractivity contribution in [3.8, 4) is 0 Å². The number of hydrogen-bond donors (Lipinski definition) is 1. The molecule has 18 heavy (non-hydrogen) atoms. The molecule has 0 aliphatic rings. The number of aryl methyl sites for hydroxylation is 1. The molecule has 0 spiro atoms. The fourth-order valence-electron chi connectivity index (χ4n) is 1.46. The van der Waals surface area contributed by atoms with Crippen molar-refractivity contribution in [2.45, 2.75) is 6.92 Å². The molecule has 3 nitrogen and oxygen atoms in total. The van der Waals surface area contributed by atoms with Gasteiger partial charge in [0.2, 0.25) is 0 Å². The largest absolute Gasteiger partial charge is 0.306 e. The van der Waals surface area contributed by atoms with Crippen LogP contribution in [0.1, 0.15) is 15.9 Å². The predicted octanol–water partition coefficient (Wildman–Crippen LogP) is 4.17. The lowest BCUT2D eigenvalue weighted by molar-refractivity contribution is 0.102. The Morgan fingerprint density at radius 3 is 2.67 bits per heavy atom. The fraction of sp³-hybridized carbons (Fsp3) is 0.0769. The van der Waals surface area contributed by atoms with Gasteiger partial charge in [-0.05, 0) is 52.7 Å². The van der Waals surface area contributed by atoms with Crippen molar-refractivity contribution in [2.24, 2.45) is 0 Å². The Morgan fingerprint density at radius 2 is 2.00 bits per heavy atom. The summed E-state index contributed by atoms with van der Waals surface area (Å²) in [4.78, 5) is 16.1. The Kier molecular flexibility index (Phi) is 4.14. The molecule has 0 bridgehead atoms. The predicted molar refractivity (Wildman–Crippen MR) is 78.8 cm³/mol. The minimum atomic E-state index is -0.188. The third kappa shape index (κ3) is 3.17. The third-order valence-corrected chi connectivity index (χ3v) is 3.48. The van der Waals surface area contributed by atoms with Gasteiger partial charge in [-0.25, -0.2) is 4.98 Å². The second kappa shape index (κ2) is 5.63. The van der Waals surface area contributed by atoms with Gasteiger partial charge in [-0.3, -0.25) is 4.79 Å². The van der Waals surface area contributed by atoms with Gasteiger partial charge in [0, 0.05) is 15.1 Å². The lowest BCUT2D eigenvalue weighted by Gasteiger charge is -2.07. The Hall–Kier alpha value is -1.20. The maximum atomic E-state index is 12.1. The number of nitrogens with one attached hydrogen (secondary N) is 1. The van der Waals surface area contributed by atoms with Crippen LogP contribution in [0.5, 0.6) is 0 Å². The molecule has 1 amide bonds. The summed E-state index contributed by atoms with van der Waals surface area (Å²) in [6.45, 7) is 1.97. The highest BCUT2D eigenvalue weighted by molar-refractivity contribution is 9.10. The van der Waals surface area contributed by atoms with Crippen LogP contribution in [0.15, 0.2) is 45.5 Å². The molecule has 5 heteroatoms. The molecule has 0 aliphatic heterocycles. The lowest BCUT2D eigenvalue weighted by Crippen LogP contribution is -2.13. The van der Waals surface area contributed by atoms with Crippen molar-refractivity contribution in [1.82, 2.24) is 4.98 Å². The highest BCUT2D eigenvalue weighted by Gasteiger charge is 2.10. The van der Waals surface area contributed by atoms with Crippen molar-refractivity contribution in [3.05, 3.63) is 56.6 Å². The maximum absolute atomic E-state index is 12.1. The summed E-state index contributed by atoms with van der Waals surface area (Å²) in [6, 6.07) is 9.14. The molecule has 0 saturated heterocycles. The van der Waals surface area contributed by atoms with E-state index >= 15 is 0 Å². The van der Waals surface area contributed by atoms with E-state index in [0.29, 0.717) is 11.4 Å². The Labute approximate surface area is 122 Å². The van der Waals surface area contributed by atoms with Crippen molar-refractivity contribution in [1.29, 1.82) is 0 Å². The number of anilines is 1.